The Kier molecular flexibility index (Phi) is 2.73. The zero-order chi connectivity index (χ0) is 10.8. The van der Waals surface area contributed by atoms with Crippen molar-refractivity contribution in [2.75, 3.05) is 13.4 Å². The number of fused-ring (bicyclic) bond motifs is 1. The first-order valence-electron chi connectivity index (χ1n) is 4.43. The minimum absolute atomic E-state index is 0.335. The van der Waals surface area contributed by atoms with E-state index in [1.165, 1.54) is 7.11 Å². The van der Waals surface area contributed by atoms with E-state index in [1.807, 2.05) is 6.26 Å². The molecule has 1 aromatic rings. The molecule has 78 valence electrons. The molecule has 0 radical (unpaired) electrons. The van der Waals surface area contributed by atoms with Gasteiger partial charge in [0.2, 0.25) is 0 Å². The Balaban J connectivity index is 2.52. The van der Waals surface area contributed by atoms with Crippen molar-refractivity contribution in [3.8, 4) is 0 Å². The van der Waals surface area contributed by atoms with Gasteiger partial charge in [0.25, 0.3) is 0 Å². The highest BCUT2D eigenvalue weighted by Crippen LogP contribution is 2.06. The van der Waals surface area contributed by atoms with Crippen molar-refractivity contribution < 1.29 is 9.53 Å². The molecule has 0 aliphatic carbocycles. The van der Waals surface area contributed by atoms with Crippen LogP contribution in [0.5, 0.6) is 0 Å². The lowest BCUT2D eigenvalue weighted by atomic mass is 10.3. The fraction of sp³-hybridized carbons (Fsp3) is 0.300. The van der Waals surface area contributed by atoms with E-state index < -0.39 is 6.04 Å². The molecular weight excluding hydrogens is 212 g/mol. The van der Waals surface area contributed by atoms with E-state index in [4.69, 9.17) is 0 Å². The van der Waals surface area contributed by atoms with Crippen LogP contribution in [0, 0.1) is 0 Å². The molecular formula is C10H10N2O2S. The Morgan fingerprint density at radius 2 is 2.40 bits per heavy atom. The highest BCUT2D eigenvalue weighted by atomic mass is 32.2. The fourth-order valence-electron chi connectivity index (χ4n) is 1.46. The highest BCUT2D eigenvalue weighted by Gasteiger charge is 2.19. The molecule has 1 atom stereocenters. The van der Waals surface area contributed by atoms with Crippen LogP contribution >= 0.6 is 11.8 Å². The maximum absolute atomic E-state index is 11.3. The second-order valence-corrected chi connectivity index (χ2v) is 3.81. The van der Waals surface area contributed by atoms with E-state index in [0.717, 1.165) is 15.6 Å². The zero-order valence-electron chi connectivity index (χ0n) is 8.43. The Labute approximate surface area is 91.1 Å². The number of methoxy groups -OCH3 is 1. The zero-order valence-corrected chi connectivity index (χ0v) is 9.25. The summed E-state index contributed by atoms with van der Waals surface area (Å²) in [5.74, 6) is -0.335. The molecule has 0 N–H and O–H groups in total. The molecule has 2 heterocycles. The van der Waals surface area contributed by atoms with Crippen molar-refractivity contribution >= 4 is 23.8 Å². The SMILES string of the molecule is COC(=O)[C@@H]1C=c2c(SC)nccc2=N1. The number of carbonyl (C=O) groups excluding carboxylic acids is 1. The normalized spacial score (nSPS) is 17.6. The maximum atomic E-state index is 11.3. The van der Waals surface area contributed by atoms with Crippen LogP contribution in [0.1, 0.15) is 0 Å². The largest absolute Gasteiger partial charge is 0.467 e. The van der Waals surface area contributed by atoms with Crippen molar-refractivity contribution in [2.24, 2.45) is 4.99 Å². The first kappa shape index (κ1) is 10.2. The molecule has 0 saturated carbocycles. The molecule has 0 bridgehead atoms. The van der Waals surface area contributed by atoms with Gasteiger partial charge in [0.15, 0.2) is 6.04 Å². The van der Waals surface area contributed by atoms with Gasteiger partial charge in [-0.05, 0) is 18.4 Å². The summed E-state index contributed by atoms with van der Waals surface area (Å²) in [6.45, 7) is 0. The summed E-state index contributed by atoms with van der Waals surface area (Å²) in [5, 5.41) is 2.63. The van der Waals surface area contributed by atoms with Gasteiger partial charge in [-0.15, -0.1) is 11.8 Å². The average molecular weight is 222 g/mol. The number of pyridine rings is 1. The number of carbonyl (C=O) groups is 1. The highest BCUT2D eigenvalue weighted by molar-refractivity contribution is 7.98. The topological polar surface area (TPSA) is 51.5 Å². The molecule has 0 fully saturated rings. The van der Waals surface area contributed by atoms with E-state index >= 15 is 0 Å². The van der Waals surface area contributed by atoms with Crippen LogP contribution in [0.2, 0.25) is 0 Å². The van der Waals surface area contributed by atoms with Crippen molar-refractivity contribution in [2.45, 2.75) is 11.1 Å². The third kappa shape index (κ3) is 1.74. The summed E-state index contributed by atoms with van der Waals surface area (Å²) >= 11 is 1.54. The molecule has 1 aliphatic rings. The minimum atomic E-state index is -0.514. The van der Waals surface area contributed by atoms with E-state index in [9.17, 15) is 4.79 Å². The lowest BCUT2D eigenvalue weighted by Gasteiger charge is -1.99. The Morgan fingerprint density at radius 3 is 3.07 bits per heavy atom. The number of nitrogens with zero attached hydrogens (tertiary/aromatic N) is 2. The van der Waals surface area contributed by atoms with Crippen LogP contribution in [0.4, 0.5) is 0 Å². The number of rotatable bonds is 2. The van der Waals surface area contributed by atoms with Gasteiger partial charge in [0, 0.05) is 11.4 Å². The monoisotopic (exact) mass is 222 g/mol. The predicted molar refractivity (Wildman–Crippen MR) is 57.1 cm³/mol. The van der Waals surface area contributed by atoms with Gasteiger partial charge in [-0.25, -0.2) is 9.78 Å². The van der Waals surface area contributed by atoms with Crippen LogP contribution in [-0.2, 0) is 9.53 Å². The maximum Gasteiger partial charge on any atom is 0.334 e. The van der Waals surface area contributed by atoms with Crippen molar-refractivity contribution in [1.82, 2.24) is 4.98 Å². The van der Waals surface area contributed by atoms with Crippen LogP contribution < -0.4 is 10.6 Å². The molecule has 1 aliphatic heterocycles. The third-order valence-corrected chi connectivity index (χ3v) is 2.88. The van der Waals surface area contributed by atoms with Gasteiger partial charge >= 0.3 is 5.97 Å². The Hall–Kier alpha value is -1.36. The molecule has 0 aromatic carbocycles. The third-order valence-electron chi connectivity index (χ3n) is 2.17. The fourth-order valence-corrected chi connectivity index (χ4v) is 2.02. The van der Waals surface area contributed by atoms with Crippen LogP contribution in [-0.4, -0.2) is 30.4 Å². The van der Waals surface area contributed by atoms with Crippen LogP contribution in [0.15, 0.2) is 22.3 Å². The van der Waals surface area contributed by atoms with Gasteiger partial charge in [-0.3, -0.25) is 4.99 Å². The number of hydrogen-bond acceptors (Lipinski definition) is 5. The van der Waals surface area contributed by atoms with Gasteiger partial charge in [-0.1, -0.05) is 0 Å². The Bertz CT molecular complexity index is 513. The van der Waals surface area contributed by atoms with Crippen LogP contribution in [0.25, 0.3) is 6.08 Å². The Morgan fingerprint density at radius 1 is 1.60 bits per heavy atom. The van der Waals surface area contributed by atoms with E-state index in [-0.39, 0.29) is 5.97 Å². The summed E-state index contributed by atoms with van der Waals surface area (Å²) in [7, 11) is 1.36. The molecule has 0 amide bonds. The lowest BCUT2D eigenvalue weighted by Crippen LogP contribution is -2.24. The summed E-state index contributed by atoms with van der Waals surface area (Å²) in [5.41, 5.74) is 0. The quantitative estimate of drug-likeness (QED) is 0.512. The number of aromatic nitrogens is 1. The molecule has 15 heavy (non-hydrogen) atoms. The standard InChI is InChI=1S/C10H10N2O2S/c1-14-10(13)8-5-6-7(12-8)3-4-11-9(6)15-2/h3-5,8H,1-2H3/t8-/m0/s1. The van der Waals surface area contributed by atoms with Gasteiger partial charge in [0.1, 0.15) is 5.03 Å². The molecule has 0 spiro atoms. The second kappa shape index (κ2) is 4.02. The summed E-state index contributed by atoms with van der Waals surface area (Å²) < 4.78 is 4.65. The smallest absolute Gasteiger partial charge is 0.334 e. The van der Waals surface area contributed by atoms with E-state index in [0.29, 0.717) is 0 Å². The van der Waals surface area contributed by atoms with Gasteiger partial charge < -0.3 is 4.74 Å². The van der Waals surface area contributed by atoms with Crippen LogP contribution in [0.3, 0.4) is 0 Å². The average Bonchev–Trinajstić information content (AvgIpc) is 2.71. The second-order valence-electron chi connectivity index (χ2n) is 3.02. The van der Waals surface area contributed by atoms with Crippen molar-refractivity contribution in [3.05, 3.63) is 22.8 Å². The first-order valence-corrected chi connectivity index (χ1v) is 5.65. The first-order chi connectivity index (χ1) is 7.26. The molecule has 0 saturated heterocycles. The summed E-state index contributed by atoms with van der Waals surface area (Å²) in [6, 6.07) is 1.29. The predicted octanol–water partition coefficient (Wildman–Crippen LogP) is -0.241. The van der Waals surface area contributed by atoms with Gasteiger partial charge in [-0.2, -0.15) is 0 Å². The number of esters is 1. The molecule has 0 unspecified atom stereocenters. The summed E-state index contributed by atoms with van der Waals surface area (Å²) in [6.07, 6.45) is 5.43. The molecule has 4 nitrogen and oxygen atoms in total. The molecule has 1 aromatic heterocycles. The molecule has 5 heteroatoms. The van der Waals surface area contributed by atoms with E-state index in [1.54, 1.807) is 30.1 Å². The van der Waals surface area contributed by atoms with Gasteiger partial charge in [0.05, 0.1) is 12.5 Å². The number of thioether (sulfide) groups is 1. The van der Waals surface area contributed by atoms with E-state index in [2.05, 4.69) is 14.7 Å². The summed E-state index contributed by atoms with van der Waals surface area (Å²) in [4.78, 5) is 19.8. The minimum Gasteiger partial charge on any atom is -0.467 e. The molecule has 2 rings (SSSR count). The van der Waals surface area contributed by atoms with Crippen molar-refractivity contribution in [3.63, 3.8) is 0 Å². The van der Waals surface area contributed by atoms with Crippen molar-refractivity contribution in [1.29, 1.82) is 0 Å². The number of ether oxygens (including phenoxy) is 1. The number of hydrogen-bond donors (Lipinski definition) is 0. The lowest BCUT2D eigenvalue weighted by molar-refractivity contribution is -0.140.